The number of amides is 1. The molecule has 1 amide bonds. The molecule has 1 atom stereocenters. The molecule has 182 valence electrons. The third-order valence-electron chi connectivity index (χ3n) is 5.11. The summed E-state index contributed by atoms with van der Waals surface area (Å²) in [5.74, 6) is 0.827. The highest BCUT2D eigenvalue weighted by Gasteiger charge is 2.17. The Kier molecular flexibility index (Phi) is 11.2. The van der Waals surface area contributed by atoms with Gasteiger partial charge >= 0.3 is 0 Å². The molecule has 0 spiro atoms. The van der Waals surface area contributed by atoms with Crippen LogP contribution in [-0.2, 0) is 17.8 Å². The third-order valence-corrected chi connectivity index (χ3v) is 5.67. The van der Waals surface area contributed by atoms with Gasteiger partial charge < -0.3 is 20.5 Å². The molecule has 0 aromatic heterocycles. The van der Waals surface area contributed by atoms with E-state index < -0.39 is 0 Å². The molecule has 0 bridgehead atoms. The van der Waals surface area contributed by atoms with Crippen molar-refractivity contribution in [2.45, 2.75) is 27.3 Å². The summed E-state index contributed by atoms with van der Waals surface area (Å²) in [5.41, 5.74) is 8.90. The molecule has 0 saturated carbocycles. The molecule has 0 aliphatic rings. The number of carbonyl (C=O) groups is 1. The fraction of sp³-hybridized carbons (Fsp3) is 0.296. The van der Waals surface area contributed by atoms with Crippen LogP contribution in [0, 0.1) is 12.8 Å². The lowest BCUT2D eigenvalue weighted by Gasteiger charge is -2.15. The number of carbonyl (C=O) groups excluding carboxylic acids is 1. The predicted octanol–water partition coefficient (Wildman–Crippen LogP) is 5.83. The van der Waals surface area contributed by atoms with E-state index in [2.05, 4.69) is 5.32 Å². The SMILES string of the molecule is C.Cc1cc(Cl)c(OCCOc2ccc(CC(CN)C(=O)NCc3ccccc3)cc2)c(Cl)c1. The average molecular weight is 503 g/mol. The van der Waals surface area contributed by atoms with E-state index in [0.29, 0.717) is 47.7 Å². The zero-order valence-electron chi connectivity index (χ0n) is 18.5. The average Bonchev–Trinajstić information content (AvgIpc) is 2.81. The minimum atomic E-state index is -0.294. The van der Waals surface area contributed by atoms with Crippen LogP contribution in [0.25, 0.3) is 0 Å². The monoisotopic (exact) mass is 502 g/mol. The Morgan fingerprint density at radius 2 is 1.56 bits per heavy atom. The van der Waals surface area contributed by atoms with Crippen molar-refractivity contribution < 1.29 is 14.3 Å². The van der Waals surface area contributed by atoms with Gasteiger partial charge in [-0.25, -0.2) is 0 Å². The van der Waals surface area contributed by atoms with Gasteiger partial charge in [0.25, 0.3) is 0 Å². The molecule has 3 rings (SSSR count). The van der Waals surface area contributed by atoms with Crippen LogP contribution < -0.4 is 20.5 Å². The molecular weight excluding hydrogens is 471 g/mol. The van der Waals surface area contributed by atoms with Crippen molar-refractivity contribution in [2.24, 2.45) is 11.7 Å². The molecule has 3 aromatic carbocycles. The topological polar surface area (TPSA) is 73.6 Å². The predicted molar refractivity (Wildman–Crippen MR) is 140 cm³/mol. The lowest BCUT2D eigenvalue weighted by atomic mass is 9.98. The van der Waals surface area contributed by atoms with Gasteiger partial charge in [-0.1, -0.05) is 73.1 Å². The molecule has 34 heavy (non-hydrogen) atoms. The Bertz CT molecular complexity index is 1020. The first-order valence-corrected chi connectivity index (χ1v) is 11.5. The van der Waals surface area contributed by atoms with E-state index in [4.69, 9.17) is 38.4 Å². The minimum absolute atomic E-state index is 0. The van der Waals surface area contributed by atoms with Crippen LogP contribution in [0.2, 0.25) is 10.0 Å². The second-order valence-corrected chi connectivity index (χ2v) is 8.55. The van der Waals surface area contributed by atoms with Crippen LogP contribution in [-0.4, -0.2) is 25.7 Å². The normalized spacial score (nSPS) is 11.3. The van der Waals surface area contributed by atoms with Gasteiger partial charge in [0.1, 0.15) is 19.0 Å². The molecule has 0 saturated heterocycles. The van der Waals surface area contributed by atoms with E-state index in [1.54, 1.807) is 12.1 Å². The number of aryl methyl sites for hydroxylation is 1. The van der Waals surface area contributed by atoms with Crippen molar-refractivity contribution in [3.8, 4) is 11.5 Å². The largest absolute Gasteiger partial charge is 0.490 e. The number of benzene rings is 3. The maximum Gasteiger partial charge on any atom is 0.224 e. The molecule has 1 unspecified atom stereocenters. The molecule has 7 heteroatoms. The number of hydrogen-bond donors (Lipinski definition) is 2. The number of hydrogen-bond acceptors (Lipinski definition) is 4. The third kappa shape index (κ3) is 8.24. The van der Waals surface area contributed by atoms with E-state index in [0.717, 1.165) is 16.7 Å². The second-order valence-electron chi connectivity index (χ2n) is 7.74. The summed E-state index contributed by atoms with van der Waals surface area (Å²) < 4.78 is 11.4. The highest BCUT2D eigenvalue weighted by atomic mass is 35.5. The van der Waals surface area contributed by atoms with Gasteiger partial charge in [0, 0.05) is 13.1 Å². The van der Waals surface area contributed by atoms with Crippen molar-refractivity contribution in [1.82, 2.24) is 5.32 Å². The molecule has 0 aliphatic heterocycles. The van der Waals surface area contributed by atoms with Gasteiger partial charge in [-0.3, -0.25) is 4.79 Å². The van der Waals surface area contributed by atoms with E-state index >= 15 is 0 Å². The van der Waals surface area contributed by atoms with Gasteiger partial charge in [0.2, 0.25) is 5.91 Å². The Balaban J connectivity index is 0.00000408. The number of nitrogens with two attached hydrogens (primary N) is 1. The van der Waals surface area contributed by atoms with Crippen molar-refractivity contribution in [2.75, 3.05) is 19.8 Å². The molecule has 3 N–H and O–H groups in total. The van der Waals surface area contributed by atoms with Crippen LogP contribution in [0.3, 0.4) is 0 Å². The van der Waals surface area contributed by atoms with E-state index in [1.165, 1.54) is 0 Å². The summed E-state index contributed by atoms with van der Waals surface area (Å²) in [6, 6.07) is 21.0. The Labute approximate surface area is 212 Å². The van der Waals surface area contributed by atoms with Crippen LogP contribution in [0.4, 0.5) is 0 Å². The number of nitrogens with one attached hydrogen (secondary N) is 1. The first-order valence-electron chi connectivity index (χ1n) is 10.8. The first-order chi connectivity index (χ1) is 16.0. The van der Waals surface area contributed by atoms with Crippen LogP contribution in [0.15, 0.2) is 66.7 Å². The maximum absolute atomic E-state index is 12.5. The smallest absolute Gasteiger partial charge is 0.224 e. The standard InChI is InChI=1S/C26H28Cl2N2O3.CH4/c1-18-13-23(27)25(24(28)14-18)33-12-11-32-22-9-7-19(8-10-22)15-21(16-29)26(31)30-17-20-5-3-2-4-6-20;/h2-10,13-14,21H,11-12,15-17,29H2,1H3,(H,30,31);1H4. The highest BCUT2D eigenvalue weighted by molar-refractivity contribution is 6.37. The molecule has 0 aliphatic carbocycles. The number of halogens is 2. The quantitative estimate of drug-likeness (QED) is 0.323. The van der Waals surface area contributed by atoms with Crippen molar-refractivity contribution in [3.63, 3.8) is 0 Å². The van der Waals surface area contributed by atoms with Crippen molar-refractivity contribution in [1.29, 1.82) is 0 Å². The summed E-state index contributed by atoms with van der Waals surface area (Å²) >= 11 is 12.4. The molecule has 5 nitrogen and oxygen atoms in total. The minimum Gasteiger partial charge on any atom is -0.490 e. The van der Waals surface area contributed by atoms with E-state index in [9.17, 15) is 4.79 Å². The maximum atomic E-state index is 12.5. The number of rotatable bonds is 11. The lowest BCUT2D eigenvalue weighted by Crippen LogP contribution is -2.35. The lowest BCUT2D eigenvalue weighted by molar-refractivity contribution is -0.124. The first kappa shape index (κ1) is 27.5. The van der Waals surface area contributed by atoms with E-state index in [-0.39, 0.29) is 25.8 Å². The zero-order chi connectivity index (χ0) is 23.6. The number of ether oxygens (including phenoxy) is 2. The second kappa shape index (κ2) is 13.9. The van der Waals surface area contributed by atoms with Gasteiger partial charge in [-0.15, -0.1) is 0 Å². The molecule has 0 radical (unpaired) electrons. The van der Waals surface area contributed by atoms with Gasteiger partial charge in [0.05, 0.1) is 16.0 Å². The molecule has 0 heterocycles. The Morgan fingerprint density at radius 3 is 2.18 bits per heavy atom. The summed E-state index contributed by atoms with van der Waals surface area (Å²) in [5, 5.41) is 3.92. The van der Waals surface area contributed by atoms with Crippen LogP contribution >= 0.6 is 23.2 Å². The Morgan fingerprint density at radius 1 is 0.941 bits per heavy atom. The van der Waals surface area contributed by atoms with Crippen LogP contribution in [0.5, 0.6) is 11.5 Å². The highest BCUT2D eigenvalue weighted by Crippen LogP contribution is 2.33. The molecule has 0 fully saturated rings. The van der Waals surface area contributed by atoms with Gasteiger partial charge in [-0.05, 0) is 54.3 Å². The van der Waals surface area contributed by atoms with Crippen molar-refractivity contribution in [3.05, 3.63) is 93.5 Å². The van der Waals surface area contributed by atoms with Crippen molar-refractivity contribution >= 4 is 29.1 Å². The zero-order valence-corrected chi connectivity index (χ0v) is 20.0. The summed E-state index contributed by atoms with van der Waals surface area (Å²) in [6.45, 7) is 3.33. The molecular formula is C27H32Cl2N2O3. The summed E-state index contributed by atoms with van der Waals surface area (Å²) in [7, 11) is 0. The fourth-order valence-electron chi connectivity index (χ4n) is 3.35. The summed E-state index contributed by atoms with van der Waals surface area (Å²) in [6.07, 6.45) is 0.560. The molecule has 3 aromatic rings. The Hall–Kier alpha value is -2.73. The van der Waals surface area contributed by atoms with Gasteiger partial charge in [0.15, 0.2) is 5.75 Å². The van der Waals surface area contributed by atoms with Crippen LogP contribution in [0.1, 0.15) is 24.1 Å². The fourth-order valence-corrected chi connectivity index (χ4v) is 4.05. The summed E-state index contributed by atoms with van der Waals surface area (Å²) in [4.78, 5) is 12.5. The van der Waals surface area contributed by atoms with E-state index in [1.807, 2.05) is 61.5 Å². The van der Waals surface area contributed by atoms with Gasteiger partial charge in [-0.2, -0.15) is 0 Å².